The number of hydrogen-bond acceptors (Lipinski definition) is 4. The Morgan fingerprint density at radius 3 is 1.30 bits per heavy atom. The van der Waals surface area contributed by atoms with Gasteiger partial charge in [-0.1, -0.05) is 27.7 Å². The van der Waals surface area contributed by atoms with Crippen molar-refractivity contribution in [1.82, 2.24) is 0 Å². The maximum Gasteiger partial charge on any atom is 0.0577 e. The third-order valence-corrected chi connectivity index (χ3v) is 3.90. The fourth-order valence-electron chi connectivity index (χ4n) is 2.14. The highest BCUT2D eigenvalue weighted by Gasteiger charge is 2.26. The van der Waals surface area contributed by atoms with Crippen LogP contribution in [0.1, 0.15) is 53.4 Å². The summed E-state index contributed by atoms with van der Waals surface area (Å²) in [5.41, 5.74) is -0.309. The van der Waals surface area contributed by atoms with Crippen LogP contribution in [0.2, 0.25) is 0 Å². The summed E-state index contributed by atoms with van der Waals surface area (Å²) in [7, 11) is 0. The molecule has 0 unspecified atom stereocenters. The summed E-state index contributed by atoms with van der Waals surface area (Å²) in [6.45, 7) is 9.58. The van der Waals surface area contributed by atoms with Crippen LogP contribution in [-0.2, 0) is 9.47 Å². The summed E-state index contributed by atoms with van der Waals surface area (Å²) < 4.78 is 11.8. The molecule has 0 aromatic heterocycles. The lowest BCUT2D eigenvalue weighted by Gasteiger charge is -2.33. The van der Waals surface area contributed by atoms with Crippen LogP contribution in [0.4, 0.5) is 0 Å². The van der Waals surface area contributed by atoms with E-state index >= 15 is 0 Å². The highest BCUT2D eigenvalue weighted by atomic mass is 16.5. The summed E-state index contributed by atoms with van der Waals surface area (Å²) in [6, 6.07) is 0. The molecule has 0 aliphatic heterocycles. The van der Waals surface area contributed by atoms with Crippen molar-refractivity contribution in [2.24, 2.45) is 10.8 Å². The zero-order chi connectivity index (χ0) is 15.2. The quantitative estimate of drug-likeness (QED) is 0.720. The molecule has 1 aliphatic rings. The molecule has 1 rings (SSSR count). The number of aliphatic hydroxyl groups excluding tert-OH is 2. The molecule has 120 valence electrons. The second-order valence-electron chi connectivity index (χ2n) is 7.67. The van der Waals surface area contributed by atoms with Gasteiger partial charge in [-0.15, -0.1) is 0 Å². The van der Waals surface area contributed by atoms with E-state index in [1.807, 2.05) is 27.7 Å². The largest absolute Gasteiger partial charge is 0.396 e. The maximum atomic E-state index is 9.21. The molecule has 0 aromatic carbocycles. The van der Waals surface area contributed by atoms with Gasteiger partial charge >= 0.3 is 0 Å². The standard InChI is InChI=1S/C16H32O4/c1-15(2,9-17)11-19-13-5-7-14(8-6-13)20-12-16(3,4)10-18/h13-14,17-18H,5-12H2,1-4H3. The van der Waals surface area contributed by atoms with E-state index in [1.165, 1.54) is 0 Å². The van der Waals surface area contributed by atoms with Gasteiger partial charge in [0.05, 0.1) is 38.6 Å². The lowest BCUT2D eigenvalue weighted by Crippen LogP contribution is -2.33. The average molecular weight is 288 g/mol. The second-order valence-corrected chi connectivity index (χ2v) is 7.67. The molecule has 0 atom stereocenters. The zero-order valence-corrected chi connectivity index (χ0v) is 13.5. The zero-order valence-electron chi connectivity index (χ0n) is 13.5. The molecule has 0 saturated heterocycles. The van der Waals surface area contributed by atoms with Gasteiger partial charge in [0, 0.05) is 10.8 Å². The number of hydrogen-bond donors (Lipinski definition) is 2. The van der Waals surface area contributed by atoms with Crippen LogP contribution in [0, 0.1) is 10.8 Å². The Labute approximate surface area is 123 Å². The minimum absolute atomic E-state index is 0.154. The van der Waals surface area contributed by atoms with Crippen LogP contribution in [0.3, 0.4) is 0 Å². The van der Waals surface area contributed by atoms with Crippen LogP contribution in [0.15, 0.2) is 0 Å². The molecular formula is C16H32O4. The molecule has 4 nitrogen and oxygen atoms in total. The lowest BCUT2D eigenvalue weighted by molar-refractivity contribution is -0.0743. The Morgan fingerprint density at radius 1 is 0.750 bits per heavy atom. The maximum absolute atomic E-state index is 9.21. The van der Waals surface area contributed by atoms with Crippen molar-refractivity contribution in [2.75, 3.05) is 26.4 Å². The third kappa shape index (κ3) is 6.53. The van der Waals surface area contributed by atoms with E-state index in [-0.39, 0.29) is 24.0 Å². The number of ether oxygens (including phenoxy) is 2. The average Bonchev–Trinajstić information content (AvgIpc) is 2.44. The summed E-state index contributed by atoms with van der Waals surface area (Å²) >= 11 is 0. The molecule has 0 radical (unpaired) electrons. The molecule has 1 aliphatic carbocycles. The van der Waals surface area contributed by atoms with Gasteiger partial charge in [-0.25, -0.2) is 0 Å². The van der Waals surface area contributed by atoms with E-state index < -0.39 is 0 Å². The van der Waals surface area contributed by atoms with E-state index in [0.29, 0.717) is 25.4 Å². The predicted molar refractivity (Wildman–Crippen MR) is 79.7 cm³/mol. The highest BCUT2D eigenvalue weighted by Crippen LogP contribution is 2.27. The Kier molecular flexibility index (Phi) is 6.92. The Bertz CT molecular complexity index is 240. The normalized spacial score (nSPS) is 24.9. The first kappa shape index (κ1) is 17.9. The Balaban J connectivity index is 2.20. The van der Waals surface area contributed by atoms with Crippen LogP contribution < -0.4 is 0 Å². The molecule has 4 heteroatoms. The summed E-state index contributed by atoms with van der Waals surface area (Å²) in [5.74, 6) is 0. The predicted octanol–water partition coefficient (Wildman–Crippen LogP) is 2.37. The van der Waals surface area contributed by atoms with Gasteiger partial charge in [-0.2, -0.15) is 0 Å². The van der Waals surface area contributed by atoms with Crippen molar-refractivity contribution in [1.29, 1.82) is 0 Å². The van der Waals surface area contributed by atoms with Crippen molar-refractivity contribution in [3.8, 4) is 0 Å². The Morgan fingerprint density at radius 2 is 1.05 bits per heavy atom. The smallest absolute Gasteiger partial charge is 0.0577 e. The molecule has 0 amide bonds. The summed E-state index contributed by atoms with van der Waals surface area (Å²) in [5, 5.41) is 18.4. The van der Waals surface area contributed by atoms with Crippen molar-refractivity contribution >= 4 is 0 Å². The molecule has 0 heterocycles. The first-order valence-electron chi connectivity index (χ1n) is 7.73. The lowest BCUT2D eigenvalue weighted by atomic mass is 9.92. The summed E-state index contributed by atoms with van der Waals surface area (Å²) in [4.78, 5) is 0. The minimum atomic E-state index is -0.154. The number of aliphatic hydroxyl groups is 2. The van der Waals surface area contributed by atoms with E-state index in [4.69, 9.17) is 9.47 Å². The highest BCUT2D eigenvalue weighted by molar-refractivity contribution is 4.76. The molecule has 2 N–H and O–H groups in total. The fourth-order valence-corrected chi connectivity index (χ4v) is 2.14. The van der Waals surface area contributed by atoms with Crippen molar-refractivity contribution in [2.45, 2.75) is 65.6 Å². The van der Waals surface area contributed by atoms with Crippen molar-refractivity contribution in [3.05, 3.63) is 0 Å². The number of rotatable bonds is 8. The topological polar surface area (TPSA) is 58.9 Å². The molecule has 0 aromatic rings. The van der Waals surface area contributed by atoms with E-state index in [9.17, 15) is 10.2 Å². The Hall–Kier alpha value is -0.160. The minimum Gasteiger partial charge on any atom is -0.396 e. The molecule has 20 heavy (non-hydrogen) atoms. The SMILES string of the molecule is CC(C)(CO)COC1CCC(OCC(C)(C)CO)CC1. The molecule has 1 saturated carbocycles. The second kappa shape index (κ2) is 7.74. The summed E-state index contributed by atoms with van der Waals surface area (Å²) in [6.07, 6.45) is 4.67. The monoisotopic (exact) mass is 288 g/mol. The van der Waals surface area contributed by atoms with Gasteiger partial charge in [-0.05, 0) is 25.7 Å². The molecule has 0 spiro atoms. The van der Waals surface area contributed by atoms with Gasteiger partial charge in [0.25, 0.3) is 0 Å². The molecule has 1 fully saturated rings. The van der Waals surface area contributed by atoms with Crippen LogP contribution >= 0.6 is 0 Å². The van der Waals surface area contributed by atoms with Crippen LogP contribution in [0.25, 0.3) is 0 Å². The fraction of sp³-hybridized carbons (Fsp3) is 1.00. The van der Waals surface area contributed by atoms with Crippen molar-refractivity contribution in [3.63, 3.8) is 0 Å². The first-order valence-corrected chi connectivity index (χ1v) is 7.73. The van der Waals surface area contributed by atoms with E-state index in [2.05, 4.69) is 0 Å². The van der Waals surface area contributed by atoms with E-state index in [1.54, 1.807) is 0 Å². The third-order valence-electron chi connectivity index (χ3n) is 3.90. The molecular weight excluding hydrogens is 256 g/mol. The van der Waals surface area contributed by atoms with Crippen LogP contribution in [-0.4, -0.2) is 48.8 Å². The van der Waals surface area contributed by atoms with Gasteiger partial charge in [0.15, 0.2) is 0 Å². The molecule has 0 bridgehead atoms. The van der Waals surface area contributed by atoms with Gasteiger partial charge < -0.3 is 19.7 Å². The van der Waals surface area contributed by atoms with Gasteiger partial charge in [0.2, 0.25) is 0 Å². The van der Waals surface area contributed by atoms with Crippen molar-refractivity contribution < 1.29 is 19.7 Å². The van der Waals surface area contributed by atoms with Gasteiger partial charge in [0.1, 0.15) is 0 Å². The van der Waals surface area contributed by atoms with Crippen LogP contribution in [0.5, 0.6) is 0 Å². The van der Waals surface area contributed by atoms with E-state index in [0.717, 1.165) is 25.7 Å². The van der Waals surface area contributed by atoms with Gasteiger partial charge in [-0.3, -0.25) is 0 Å². The first-order chi connectivity index (χ1) is 9.28.